The largest absolute Gasteiger partial charge is 0.332 e. The summed E-state index contributed by atoms with van der Waals surface area (Å²) < 4.78 is 25.0. The van der Waals surface area contributed by atoms with Gasteiger partial charge in [0, 0.05) is 32.0 Å². The second kappa shape index (κ2) is 2.80. The van der Waals surface area contributed by atoms with Crippen molar-refractivity contribution >= 4 is 6.03 Å². The van der Waals surface area contributed by atoms with E-state index in [9.17, 15) is 13.6 Å². The molecular weight excluding hydrogens is 180 g/mol. The van der Waals surface area contributed by atoms with E-state index in [4.69, 9.17) is 0 Å². The van der Waals surface area contributed by atoms with Gasteiger partial charge in [0.1, 0.15) is 0 Å². The molecule has 74 valence electrons. The molecule has 4 nitrogen and oxygen atoms in total. The molecule has 2 fully saturated rings. The SMILES string of the molecule is O=C1NNCCN1C1CC(F)(F)C1. The molecule has 1 heterocycles. The highest BCUT2D eigenvalue weighted by Crippen LogP contribution is 2.40. The lowest BCUT2D eigenvalue weighted by Crippen LogP contribution is -2.62. The van der Waals surface area contributed by atoms with Gasteiger partial charge in [-0.1, -0.05) is 0 Å². The molecular formula is C7H11F2N3O. The fraction of sp³-hybridized carbons (Fsp3) is 0.857. The summed E-state index contributed by atoms with van der Waals surface area (Å²) in [5.74, 6) is -2.56. The Hall–Kier alpha value is -0.910. The second-order valence-electron chi connectivity index (χ2n) is 3.47. The van der Waals surface area contributed by atoms with Crippen LogP contribution in [0.1, 0.15) is 12.8 Å². The molecule has 0 aromatic heterocycles. The highest BCUT2D eigenvalue weighted by molar-refractivity contribution is 5.74. The summed E-state index contributed by atoms with van der Waals surface area (Å²) in [6.07, 6.45) is -0.388. The molecule has 0 bridgehead atoms. The smallest absolute Gasteiger partial charge is 0.319 e. The van der Waals surface area contributed by atoms with Gasteiger partial charge >= 0.3 is 6.03 Å². The number of hydrazine groups is 1. The van der Waals surface area contributed by atoms with Gasteiger partial charge in [0.2, 0.25) is 0 Å². The molecule has 1 saturated carbocycles. The third-order valence-corrected chi connectivity index (χ3v) is 2.44. The van der Waals surface area contributed by atoms with E-state index in [2.05, 4.69) is 10.9 Å². The van der Waals surface area contributed by atoms with E-state index in [1.165, 1.54) is 4.90 Å². The van der Waals surface area contributed by atoms with E-state index >= 15 is 0 Å². The summed E-state index contributed by atoms with van der Waals surface area (Å²) >= 11 is 0. The van der Waals surface area contributed by atoms with Gasteiger partial charge < -0.3 is 4.90 Å². The zero-order valence-electron chi connectivity index (χ0n) is 7.02. The Bertz CT molecular complexity index is 226. The minimum absolute atomic E-state index is 0.194. The van der Waals surface area contributed by atoms with Crippen LogP contribution in [0.2, 0.25) is 0 Å². The third-order valence-electron chi connectivity index (χ3n) is 2.44. The summed E-state index contributed by atoms with van der Waals surface area (Å²) in [7, 11) is 0. The van der Waals surface area contributed by atoms with Crippen LogP contribution in [-0.2, 0) is 0 Å². The van der Waals surface area contributed by atoms with Crippen LogP contribution in [0.25, 0.3) is 0 Å². The number of carbonyl (C=O) groups excluding carboxylic acids is 1. The predicted molar refractivity (Wildman–Crippen MR) is 41.2 cm³/mol. The lowest BCUT2D eigenvalue weighted by molar-refractivity contribution is -0.116. The number of halogens is 2. The maximum atomic E-state index is 12.5. The summed E-state index contributed by atoms with van der Waals surface area (Å²) in [6, 6.07) is -0.580. The Morgan fingerprint density at radius 2 is 2.15 bits per heavy atom. The van der Waals surface area contributed by atoms with Gasteiger partial charge in [0.15, 0.2) is 0 Å². The molecule has 1 saturated heterocycles. The van der Waals surface area contributed by atoms with Crippen LogP contribution in [0.5, 0.6) is 0 Å². The van der Waals surface area contributed by atoms with Crippen molar-refractivity contribution in [3.63, 3.8) is 0 Å². The Kier molecular flexibility index (Phi) is 1.87. The number of urea groups is 1. The van der Waals surface area contributed by atoms with Crippen LogP contribution in [-0.4, -0.2) is 36.0 Å². The zero-order chi connectivity index (χ0) is 9.47. The lowest BCUT2D eigenvalue weighted by Gasteiger charge is -2.43. The van der Waals surface area contributed by atoms with Gasteiger partial charge in [-0.15, -0.1) is 0 Å². The number of carbonyl (C=O) groups is 1. The number of rotatable bonds is 1. The highest BCUT2D eigenvalue weighted by Gasteiger charge is 2.49. The van der Waals surface area contributed by atoms with Crippen molar-refractivity contribution in [2.75, 3.05) is 13.1 Å². The van der Waals surface area contributed by atoms with Crippen molar-refractivity contribution in [3.05, 3.63) is 0 Å². The molecule has 0 aromatic rings. The van der Waals surface area contributed by atoms with Crippen LogP contribution in [0.3, 0.4) is 0 Å². The lowest BCUT2D eigenvalue weighted by atomic mass is 9.87. The highest BCUT2D eigenvalue weighted by atomic mass is 19.3. The molecule has 2 amide bonds. The molecule has 2 N–H and O–H groups in total. The molecule has 0 atom stereocenters. The number of hydrogen-bond acceptors (Lipinski definition) is 2. The van der Waals surface area contributed by atoms with Crippen molar-refractivity contribution in [1.82, 2.24) is 15.8 Å². The molecule has 0 spiro atoms. The molecule has 0 unspecified atom stereocenters. The maximum Gasteiger partial charge on any atom is 0.332 e. The summed E-state index contributed by atoms with van der Waals surface area (Å²) in [5, 5.41) is 0. The van der Waals surface area contributed by atoms with E-state index in [-0.39, 0.29) is 24.9 Å². The second-order valence-corrected chi connectivity index (χ2v) is 3.47. The Morgan fingerprint density at radius 3 is 2.69 bits per heavy atom. The number of nitrogens with zero attached hydrogens (tertiary/aromatic N) is 1. The first kappa shape index (κ1) is 8.68. The van der Waals surface area contributed by atoms with Gasteiger partial charge in [-0.05, 0) is 0 Å². The van der Waals surface area contributed by atoms with Crippen molar-refractivity contribution in [1.29, 1.82) is 0 Å². The molecule has 0 radical (unpaired) electrons. The average Bonchev–Trinajstić information content (AvgIpc) is 2.01. The van der Waals surface area contributed by atoms with Gasteiger partial charge in [0.25, 0.3) is 5.92 Å². The minimum Gasteiger partial charge on any atom is -0.319 e. The molecule has 2 aliphatic rings. The Balaban J connectivity index is 1.91. The maximum absolute atomic E-state index is 12.5. The topological polar surface area (TPSA) is 44.4 Å². The monoisotopic (exact) mass is 191 g/mol. The van der Waals surface area contributed by atoms with Crippen molar-refractivity contribution in [2.24, 2.45) is 0 Å². The Labute approximate surface area is 74.2 Å². The van der Waals surface area contributed by atoms with Gasteiger partial charge in [-0.2, -0.15) is 0 Å². The standard InChI is InChI=1S/C7H11F2N3O/c8-7(9)3-5(4-7)12-2-1-10-11-6(12)13/h5,10H,1-4H2,(H,11,13). The van der Waals surface area contributed by atoms with Crippen LogP contribution in [0, 0.1) is 0 Å². The number of nitrogens with one attached hydrogen (secondary N) is 2. The van der Waals surface area contributed by atoms with Crippen molar-refractivity contribution in [2.45, 2.75) is 24.8 Å². The fourth-order valence-corrected chi connectivity index (χ4v) is 1.69. The molecule has 2 rings (SSSR count). The molecule has 1 aliphatic heterocycles. The number of hydrogen-bond donors (Lipinski definition) is 2. The van der Waals surface area contributed by atoms with Gasteiger partial charge in [0.05, 0.1) is 0 Å². The third kappa shape index (κ3) is 1.58. The van der Waals surface area contributed by atoms with Crippen LogP contribution < -0.4 is 10.9 Å². The molecule has 0 aromatic carbocycles. The van der Waals surface area contributed by atoms with Crippen LogP contribution >= 0.6 is 0 Å². The van der Waals surface area contributed by atoms with Crippen molar-refractivity contribution in [3.8, 4) is 0 Å². The zero-order valence-corrected chi connectivity index (χ0v) is 7.02. The Morgan fingerprint density at radius 1 is 1.46 bits per heavy atom. The van der Waals surface area contributed by atoms with Gasteiger partial charge in [-0.25, -0.2) is 19.0 Å². The van der Waals surface area contributed by atoms with E-state index in [0.29, 0.717) is 13.1 Å². The molecule has 13 heavy (non-hydrogen) atoms. The first-order valence-electron chi connectivity index (χ1n) is 4.26. The van der Waals surface area contributed by atoms with E-state index in [1.807, 2.05) is 0 Å². The van der Waals surface area contributed by atoms with Crippen LogP contribution in [0.15, 0.2) is 0 Å². The number of amides is 2. The van der Waals surface area contributed by atoms with Crippen LogP contribution in [0.4, 0.5) is 13.6 Å². The number of alkyl halides is 2. The summed E-state index contributed by atoms with van der Waals surface area (Å²) in [6.45, 7) is 1.11. The summed E-state index contributed by atoms with van der Waals surface area (Å²) in [5.41, 5.74) is 5.06. The minimum atomic E-state index is -2.56. The average molecular weight is 191 g/mol. The first-order chi connectivity index (χ1) is 6.08. The first-order valence-corrected chi connectivity index (χ1v) is 4.26. The normalized spacial score (nSPS) is 28.2. The van der Waals surface area contributed by atoms with E-state index in [0.717, 1.165) is 0 Å². The van der Waals surface area contributed by atoms with E-state index in [1.54, 1.807) is 0 Å². The van der Waals surface area contributed by atoms with E-state index < -0.39 is 5.92 Å². The molecule has 1 aliphatic carbocycles. The van der Waals surface area contributed by atoms with Crippen molar-refractivity contribution < 1.29 is 13.6 Å². The quantitative estimate of drug-likeness (QED) is 0.626. The summed E-state index contributed by atoms with van der Waals surface area (Å²) in [4.78, 5) is 12.6. The van der Waals surface area contributed by atoms with Gasteiger partial charge in [-0.3, -0.25) is 5.43 Å². The fourth-order valence-electron chi connectivity index (χ4n) is 1.69. The molecule has 6 heteroatoms. The predicted octanol–water partition coefficient (Wildman–Crippen LogP) is 0.314.